The Kier molecular flexibility index (Phi) is 8.78. The highest BCUT2D eigenvalue weighted by Crippen LogP contribution is 2.18. The second-order valence-electron chi connectivity index (χ2n) is 7.77. The number of hydrogen-bond donors (Lipinski definition) is 2. The lowest BCUT2D eigenvalue weighted by Gasteiger charge is -2.23. The van der Waals surface area contributed by atoms with E-state index in [9.17, 15) is 9.59 Å². The quantitative estimate of drug-likeness (QED) is 0.552. The van der Waals surface area contributed by atoms with Crippen molar-refractivity contribution in [3.05, 3.63) is 34.3 Å². The fourth-order valence-corrected chi connectivity index (χ4v) is 4.36. The van der Waals surface area contributed by atoms with Gasteiger partial charge in [0.1, 0.15) is 10.8 Å². The highest BCUT2D eigenvalue weighted by molar-refractivity contribution is 7.13. The van der Waals surface area contributed by atoms with Gasteiger partial charge in [0.05, 0.1) is 7.11 Å². The maximum absolute atomic E-state index is 12.3. The minimum absolute atomic E-state index is 0.0654. The van der Waals surface area contributed by atoms with E-state index in [-0.39, 0.29) is 11.8 Å². The molecule has 0 radical (unpaired) electrons. The molecule has 1 atom stereocenters. The zero-order valence-corrected chi connectivity index (χ0v) is 19.0. The molecule has 168 valence electrons. The number of ether oxygens (including phenoxy) is 1. The summed E-state index contributed by atoms with van der Waals surface area (Å²) in [6.07, 6.45) is 5.31. The second kappa shape index (κ2) is 11.8. The van der Waals surface area contributed by atoms with Crippen LogP contribution in [0, 0.1) is 0 Å². The monoisotopic (exact) mass is 445 g/mol. The standard InChI is InChI=1S/C22H31N5O3S/c1-16(27-14-3-4-15-27)12-13-23-19(28)6-5-7-20-25-26-22(31-20)21(29)24-17-8-10-18(30-2)11-9-17/h8-11,16H,3-7,12-15H2,1-2H3,(H,23,28)(H,24,29)/t16-/m1/s1. The van der Waals surface area contributed by atoms with Crippen molar-refractivity contribution in [3.8, 4) is 5.75 Å². The lowest BCUT2D eigenvalue weighted by atomic mass is 10.2. The normalized spacial score (nSPS) is 14.9. The van der Waals surface area contributed by atoms with Gasteiger partial charge in [0.2, 0.25) is 10.9 Å². The van der Waals surface area contributed by atoms with Crippen LogP contribution in [0.15, 0.2) is 24.3 Å². The summed E-state index contributed by atoms with van der Waals surface area (Å²) in [5.41, 5.74) is 0.665. The number of nitrogens with one attached hydrogen (secondary N) is 2. The van der Waals surface area contributed by atoms with E-state index in [1.54, 1.807) is 31.4 Å². The smallest absolute Gasteiger partial charge is 0.286 e. The van der Waals surface area contributed by atoms with Crippen LogP contribution in [0.3, 0.4) is 0 Å². The third kappa shape index (κ3) is 7.29. The first-order chi connectivity index (χ1) is 15.0. The fraction of sp³-hybridized carbons (Fsp3) is 0.545. The molecule has 1 aromatic carbocycles. The fourth-order valence-electron chi connectivity index (χ4n) is 3.58. The second-order valence-corrected chi connectivity index (χ2v) is 8.83. The average molecular weight is 446 g/mol. The summed E-state index contributed by atoms with van der Waals surface area (Å²) in [5.74, 6) is 0.496. The van der Waals surface area contributed by atoms with Gasteiger partial charge in [-0.05, 0) is 70.0 Å². The molecule has 0 spiro atoms. The minimum Gasteiger partial charge on any atom is -0.497 e. The van der Waals surface area contributed by atoms with Gasteiger partial charge in [-0.15, -0.1) is 10.2 Å². The van der Waals surface area contributed by atoms with E-state index in [4.69, 9.17) is 4.74 Å². The molecule has 8 nitrogen and oxygen atoms in total. The highest BCUT2D eigenvalue weighted by Gasteiger charge is 2.18. The molecule has 1 saturated heterocycles. The van der Waals surface area contributed by atoms with Crippen LogP contribution in [0.1, 0.15) is 53.8 Å². The van der Waals surface area contributed by atoms with E-state index >= 15 is 0 Å². The molecule has 2 heterocycles. The Labute approximate surface area is 187 Å². The van der Waals surface area contributed by atoms with Crippen LogP contribution in [0.4, 0.5) is 5.69 Å². The number of likely N-dealkylation sites (tertiary alicyclic amines) is 1. The Hall–Kier alpha value is -2.52. The topological polar surface area (TPSA) is 96.5 Å². The Balaban J connectivity index is 1.33. The van der Waals surface area contributed by atoms with Gasteiger partial charge in [-0.3, -0.25) is 9.59 Å². The lowest BCUT2D eigenvalue weighted by Crippen LogP contribution is -2.34. The van der Waals surface area contributed by atoms with Crippen LogP contribution in [0.25, 0.3) is 0 Å². The molecule has 0 saturated carbocycles. The van der Waals surface area contributed by atoms with Gasteiger partial charge >= 0.3 is 0 Å². The number of hydrogen-bond acceptors (Lipinski definition) is 7. The SMILES string of the molecule is COc1ccc(NC(=O)c2nnc(CCCC(=O)NCC[C@@H](C)N3CCCC3)s2)cc1. The number of carbonyl (C=O) groups excluding carboxylic acids is 2. The number of carbonyl (C=O) groups is 2. The molecule has 3 rings (SSSR count). The minimum atomic E-state index is -0.293. The molecule has 1 aliphatic heterocycles. The number of rotatable bonds is 11. The van der Waals surface area contributed by atoms with E-state index in [0.717, 1.165) is 17.2 Å². The van der Waals surface area contributed by atoms with Crippen molar-refractivity contribution < 1.29 is 14.3 Å². The van der Waals surface area contributed by atoms with E-state index in [0.29, 0.717) is 42.5 Å². The Morgan fingerprint density at radius 1 is 1.19 bits per heavy atom. The number of aryl methyl sites for hydroxylation is 1. The van der Waals surface area contributed by atoms with E-state index < -0.39 is 0 Å². The first kappa shape index (κ1) is 23.1. The van der Waals surface area contributed by atoms with Gasteiger partial charge in [0, 0.05) is 31.1 Å². The summed E-state index contributed by atoms with van der Waals surface area (Å²) in [6.45, 7) is 5.30. The molecule has 2 aromatic rings. The van der Waals surface area contributed by atoms with Crippen LogP contribution < -0.4 is 15.4 Å². The molecule has 1 aromatic heterocycles. The molecule has 31 heavy (non-hydrogen) atoms. The van der Waals surface area contributed by atoms with Crippen LogP contribution in [-0.2, 0) is 11.2 Å². The van der Waals surface area contributed by atoms with Crippen molar-refractivity contribution in [1.29, 1.82) is 0 Å². The van der Waals surface area contributed by atoms with Crippen molar-refractivity contribution in [2.45, 2.75) is 51.5 Å². The zero-order chi connectivity index (χ0) is 22.1. The average Bonchev–Trinajstić information content (AvgIpc) is 3.47. The molecule has 1 fully saturated rings. The number of methoxy groups -OCH3 is 1. The zero-order valence-electron chi connectivity index (χ0n) is 18.2. The number of aromatic nitrogens is 2. The van der Waals surface area contributed by atoms with E-state index in [2.05, 4.69) is 32.7 Å². The summed E-state index contributed by atoms with van der Waals surface area (Å²) < 4.78 is 5.11. The maximum atomic E-state index is 12.3. The molecular weight excluding hydrogens is 414 g/mol. The largest absolute Gasteiger partial charge is 0.497 e. The molecule has 1 aliphatic rings. The van der Waals surface area contributed by atoms with Crippen molar-refractivity contribution in [2.75, 3.05) is 32.1 Å². The first-order valence-corrected chi connectivity index (χ1v) is 11.7. The molecule has 2 amide bonds. The summed E-state index contributed by atoms with van der Waals surface area (Å²) in [7, 11) is 1.59. The van der Waals surface area contributed by atoms with E-state index in [1.807, 2.05) is 0 Å². The van der Waals surface area contributed by atoms with Gasteiger partial charge in [0.25, 0.3) is 5.91 Å². The van der Waals surface area contributed by atoms with Crippen molar-refractivity contribution in [2.24, 2.45) is 0 Å². The predicted molar refractivity (Wildman–Crippen MR) is 122 cm³/mol. The number of amides is 2. The summed E-state index contributed by atoms with van der Waals surface area (Å²) in [5, 5.41) is 14.9. The van der Waals surface area contributed by atoms with Crippen molar-refractivity contribution in [1.82, 2.24) is 20.4 Å². The van der Waals surface area contributed by atoms with Crippen LogP contribution in [0.2, 0.25) is 0 Å². The predicted octanol–water partition coefficient (Wildman–Crippen LogP) is 3.11. The van der Waals surface area contributed by atoms with Crippen LogP contribution >= 0.6 is 11.3 Å². The summed E-state index contributed by atoms with van der Waals surface area (Å²) >= 11 is 1.26. The van der Waals surface area contributed by atoms with Crippen LogP contribution in [-0.4, -0.2) is 59.7 Å². The van der Waals surface area contributed by atoms with Crippen molar-refractivity contribution >= 4 is 28.8 Å². The van der Waals surface area contributed by atoms with Crippen LogP contribution in [0.5, 0.6) is 5.75 Å². The Morgan fingerprint density at radius 2 is 1.94 bits per heavy atom. The van der Waals surface area contributed by atoms with Gasteiger partial charge in [0.15, 0.2) is 0 Å². The first-order valence-electron chi connectivity index (χ1n) is 10.8. The highest BCUT2D eigenvalue weighted by atomic mass is 32.1. The summed E-state index contributed by atoms with van der Waals surface area (Å²) in [4.78, 5) is 26.9. The van der Waals surface area contributed by atoms with Gasteiger partial charge < -0.3 is 20.3 Å². The number of nitrogens with zero attached hydrogens (tertiary/aromatic N) is 3. The molecular formula is C22H31N5O3S. The third-order valence-corrected chi connectivity index (χ3v) is 6.43. The molecule has 0 bridgehead atoms. The molecule has 2 N–H and O–H groups in total. The van der Waals surface area contributed by atoms with Gasteiger partial charge in [-0.1, -0.05) is 11.3 Å². The molecule has 0 unspecified atom stereocenters. The van der Waals surface area contributed by atoms with Gasteiger partial charge in [-0.25, -0.2) is 0 Å². The summed E-state index contributed by atoms with van der Waals surface area (Å²) in [6, 6.07) is 7.61. The Morgan fingerprint density at radius 3 is 2.65 bits per heavy atom. The van der Waals surface area contributed by atoms with E-state index in [1.165, 1.54) is 37.3 Å². The third-order valence-electron chi connectivity index (χ3n) is 5.45. The Bertz CT molecular complexity index is 849. The molecule has 9 heteroatoms. The van der Waals surface area contributed by atoms with Gasteiger partial charge in [-0.2, -0.15) is 0 Å². The maximum Gasteiger partial charge on any atom is 0.286 e. The lowest BCUT2D eigenvalue weighted by molar-refractivity contribution is -0.121. The molecule has 0 aliphatic carbocycles. The van der Waals surface area contributed by atoms with Crippen molar-refractivity contribution in [3.63, 3.8) is 0 Å². The number of benzene rings is 1. The number of anilines is 1.